The predicted molar refractivity (Wildman–Crippen MR) is 63.4 cm³/mol. The van der Waals surface area contributed by atoms with Crippen LogP contribution in [-0.2, 0) is 14.4 Å². The molecule has 0 aromatic heterocycles. The number of carboxylic acid groups (broad SMARTS) is 1. The van der Waals surface area contributed by atoms with Crippen LogP contribution in [0.15, 0.2) is 0 Å². The smallest absolute Gasteiger partial charge is 0.326 e. The van der Waals surface area contributed by atoms with Gasteiger partial charge in [0.05, 0.1) is 6.42 Å². The lowest BCUT2D eigenvalue weighted by molar-refractivity contribution is -0.143. The Bertz CT molecular complexity index is 315. The minimum absolute atomic E-state index is 0.163. The van der Waals surface area contributed by atoms with Crippen LogP contribution in [0.4, 0.5) is 0 Å². The van der Waals surface area contributed by atoms with Gasteiger partial charge in [0, 0.05) is 11.7 Å². The molecule has 2 atom stereocenters. The number of aliphatic carboxylic acids is 1. The number of nitrogens with one attached hydrogen (secondary N) is 1. The Hall–Kier alpha value is -1.24. The molecular formula is C10H16N2O4S. The number of hydrogen-bond donors (Lipinski definition) is 3. The Labute approximate surface area is 103 Å². The summed E-state index contributed by atoms with van der Waals surface area (Å²) in [6, 6.07) is -1.22. The molecule has 1 unspecified atom stereocenters. The van der Waals surface area contributed by atoms with Crippen LogP contribution in [0.5, 0.6) is 0 Å². The van der Waals surface area contributed by atoms with Gasteiger partial charge in [-0.1, -0.05) is 0 Å². The molecule has 1 saturated heterocycles. The summed E-state index contributed by atoms with van der Waals surface area (Å²) in [5.41, 5.74) is 4.93. The molecule has 0 bridgehead atoms. The highest BCUT2D eigenvalue weighted by molar-refractivity contribution is 7.99. The van der Waals surface area contributed by atoms with Gasteiger partial charge in [-0.05, 0) is 18.6 Å². The molecule has 0 spiro atoms. The molecule has 1 fully saturated rings. The summed E-state index contributed by atoms with van der Waals surface area (Å²) in [7, 11) is 0. The van der Waals surface area contributed by atoms with E-state index in [1.54, 1.807) is 11.8 Å². The standard InChI is InChI=1S/C10H16N2O4S/c11-8(13)4-7(10(15)16)12-9(14)6-2-1-3-17-5-6/h6-7H,1-5H2,(H2,11,13)(H,12,14)(H,15,16)/t6?,7-/m0/s1. The number of primary amides is 1. The van der Waals surface area contributed by atoms with E-state index in [1.807, 2.05) is 0 Å². The molecule has 0 saturated carbocycles. The summed E-state index contributed by atoms with van der Waals surface area (Å²) < 4.78 is 0. The normalized spacial score (nSPS) is 21.5. The Morgan fingerprint density at radius 3 is 2.65 bits per heavy atom. The average Bonchev–Trinajstić information content (AvgIpc) is 2.28. The number of carbonyl (C=O) groups excluding carboxylic acids is 2. The molecule has 0 radical (unpaired) electrons. The van der Waals surface area contributed by atoms with Gasteiger partial charge in [-0.3, -0.25) is 9.59 Å². The maximum absolute atomic E-state index is 11.8. The van der Waals surface area contributed by atoms with Crippen molar-refractivity contribution < 1.29 is 19.5 Å². The maximum atomic E-state index is 11.8. The van der Waals surface area contributed by atoms with Crippen LogP contribution in [0.2, 0.25) is 0 Å². The first kappa shape index (κ1) is 13.8. The monoisotopic (exact) mass is 260 g/mol. The van der Waals surface area contributed by atoms with E-state index in [2.05, 4.69) is 5.32 Å². The lowest BCUT2D eigenvalue weighted by Crippen LogP contribution is -2.46. The number of carboxylic acids is 1. The topological polar surface area (TPSA) is 109 Å². The average molecular weight is 260 g/mol. The minimum Gasteiger partial charge on any atom is -0.480 e. The quantitative estimate of drug-likeness (QED) is 0.621. The zero-order valence-electron chi connectivity index (χ0n) is 9.35. The molecule has 4 N–H and O–H groups in total. The van der Waals surface area contributed by atoms with Crippen LogP contribution >= 0.6 is 11.8 Å². The fraction of sp³-hybridized carbons (Fsp3) is 0.700. The first-order chi connectivity index (χ1) is 8.00. The van der Waals surface area contributed by atoms with Crippen molar-refractivity contribution in [1.29, 1.82) is 0 Å². The molecule has 1 heterocycles. The second-order valence-corrected chi connectivity index (χ2v) is 5.13. The van der Waals surface area contributed by atoms with Gasteiger partial charge in [-0.2, -0.15) is 11.8 Å². The fourth-order valence-corrected chi connectivity index (χ4v) is 2.78. The van der Waals surface area contributed by atoms with Crippen LogP contribution in [0, 0.1) is 5.92 Å². The molecule has 7 heteroatoms. The first-order valence-electron chi connectivity index (χ1n) is 5.40. The maximum Gasteiger partial charge on any atom is 0.326 e. The Morgan fingerprint density at radius 2 is 2.18 bits per heavy atom. The summed E-state index contributed by atoms with van der Waals surface area (Å²) >= 11 is 1.68. The third kappa shape index (κ3) is 4.64. The molecule has 2 amide bonds. The largest absolute Gasteiger partial charge is 0.480 e. The molecule has 1 aliphatic rings. The number of amides is 2. The van der Waals surface area contributed by atoms with Crippen LogP contribution in [0.1, 0.15) is 19.3 Å². The van der Waals surface area contributed by atoms with Gasteiger partial charge in [0.1, 0.15) is 6.04 Å². The highest BCUT2D eigenvalue weighted by Gasteiger charge is 2.27. The molecule has 6 nitrogen and oxygen atoms in total. The van der Waals surface area contributed by atoms with E-state index in [-0.39, 0.29) is 18.2 Å². The van der Waals surface area contributed by atoms with Gasteiger partial charge in [0.15, 0.2) is 0 Å². The number of thioether (sulfide) groups is 1. The van der Waals surface area contributed by atoms with Crippen molar-refractivity contribution in [2.45, 2.75) is 25.3 Å². The van der Waals surface area contributed by atoms with Crippen molar-refractivity contribution in [3.8, 4) is 0 Å². The SMILES string of the molecule is NC(=O)C[C@H](NC(=O)C1CCCSC1)C(=O)O. The van der Waals surface area contributed by atoms with Gasteiger partial charge in [0.2, 0.25) is 11.8 Å². The number of carbonyl (C=O) groups is 3. The highest BCUT2D eigenvalue weighted by atomic mass is 32.2. The lowest BCUT2D eigenvalue weighted by atomic mass is 10.0. The lowest BCUT2D eigenvalue weighted by Gasteiger charge is -2.22. The summed E-state index contributed by atoms with van der Waals surface area (Å²) in [5, 5.41) is 11.2. The minimum atomic E-state index is -1.24. The Morgan fingerprint density at radius 1 is 1.47 bits per heavy atom. The zero-order valence-corrected chi connectivity index (χ0v) is 10.2. The predicted octanol–water partition coefficient (Wildman–Crippen LogP) is -0.426. The molecule has 96 valence electrons. The molecule has 1 aliphatic heterocycles. The second-order valence-electron chi connectivity index (χ2n) is 3.98. The van der Waals surface area contributed by atoms with Crippen molar-refractivity contribution >= 4 is 29.5 Å². The van der Waals surface area contributed by atoms with E-state index in [0.29, 0.717) is 5.75 Å². The first-order valence-corrected chi connectivity index (χ1v) is 6.55. The van der Waals surface area contributed by atoms with Gasteiger partial charge in [0.25, 0.3) is 0 Å². The van der Waals surface area contributed by atoms with Gasteiger partial charge in [-0.15, -0.1) is 0 Å². The fourth-order valence-electron chi connectivity index (χ4n) is 1.64. The van der Waals surface area contributed by atoms with Gasteiger partial charge >= 0.3 is 5.97 Å². The van der Waals surface area contributed by atoms with Crippen molar-refractivity contribution in [2.24, 2.45) is 11.7 Å². The molecule has 0 aromatic rings. The number of hydrogen-bond acceptors (Lipinski definition) is 4. The van der Waals surface area contributed by atoms with Crippen molar-refractivity contribution in [3.05, 3.63) is 0 Å². The van der Waals surface area contributed by atoms with E-state index in [1.165, 1.54) is 0 Å². The number of rotatable bonds is 5. The van der Waals surface area contributed by atoms with Crippen LogP contribution in [0.25, 0.3) is 0 Å². The van der Waals surface area contributed by atoms with E-state index in [9.17, 15) is 14.4 Å². The molecule has 1 rings (SSSR count). The summed E-state index contributed by atoms with van der Waals surface area (Å²) in [5.74, 6) is -0.701. The third-order valence-corrected chi connectivity index (χ3v) is 3.77. The van der Waals surface area contributed by atoms with Gasteiger partial charge < -0.3 is 16.2 Å². The van der Waals surface area contributed by atoms with Crippen molar-refractivity contribution in [2.75, 3.05) is 11.5 Å². The second kappa shape index (κ2) is 6.48. The number of nitrogens with two attached hydrogens (primary N) is 1. The molecule has 17 heavy (non-hydrogen) atoms. The summed E-state index contributed by atoms with van der Waals surface area (Å²) in [6.07, 6.45) is 1.35. The molecular weight excluding hydrogens is 244 g/mol. The molecule has 0 aliphatic carbocycles. The summed E-state index contributed by atoms with van der Waals surface area (Å²) in [6.45, 7) is 0. The van der Waals surface area contributed by atoms with Gasteiger partial charge in [-0.25, -0.2) is 4.79 Å². The van der Waals surface area contributed by atoms with Crippen molar-refractivity contribution in [1.82, 2.24) is 5.32 Å². The van der Waals surface area contributed by atoms with E-state index >= 15 is 0 Å². The van der Waals surface area contributed by atoms with Crippen molar-refractivity contribution in [3.63, 3.8) is 0 Å². The molecule has 0 aromatic carbocycles. The van der Waals surface area contributed by atoms with Crippen LogP contribution in [-0.4, -0.2) is 40.4 Å². The third-order valence-electron chi connectivity index (χ3n) is 2.55. The summed E-state index contributed by atoms with van der Waals surface area (Å²) in [4.78, 5) is 33.3. The Balaban J connectivity index is 2.50. The zero-order chi connectivity index (χ0) is 12.8. The van der Waals surface area contributed by atoms with E-state index in [0.717, 1.165) is 18.6 Å². The van der Waals surface area contributed by atoms with E-state index in [4.69, 9.17) is 10.8 Å². The highest BCUT2D eigenvalue weighted by Crippen LogP contribution is 2.22. The van der Waals surface area contributed by atoms with E-state index < -0.39 is 17.9 Å². The van der Waals surface area contributed by atoms with Crippen LogP contribution < -0.4 is 11.1 Å². The Kier molecular flexibility index (Phi) is 5.27. The van der Waals surface area contributed by atoms with Crippen LogP contribution in [0.3, 0.4) is 0 Å².